The van der Waals surface area contributed by atoms with E-state index in [0.717, 1.165) is 22.2 Å². The number of nitrogens with zero attached hydrogens (tertiary/aromatic N) is 3. The van der Waals surface area contributed by atoms with Crippen molar-refractivity contribution in [2.45, 2.75) is 13.5 Å². The van der Waals surface area contributed by atoms with Crippen LogP contribution in [0.2, 0.25) is 0 Å². The minimum atomic E-state index is -0.169. The zero-order valence-corrected chi connectivity index (χ0v) is 14.4. The van der Waals surface area contributed by atoms with Gasteiger partial charge in [-0.25, -0.2) is 4.68 Å². The lowest BCUT2D eigenvalue weighted by molar-refractivity contribution is 0.102. The Morgan fingerprint density at radius 1 is 1.04 bits per heavy atom. The van der Waals surface area contributed by atoms with Crippen LogP contribution in [0.1, 0.15) is 21.6 Å². The number of benzene rings is 2. The van der Waals surface area contributed by atoms with Crippen molar-refractivity contribution in [2.24, 2.45) is 0 Å². The van der Waals surface area contributed by atoms with E-state index in [-0.39, 0.29) is 5.91 Å². The molecule has 4 rings (SSSR count). The van der Waals surface area contributed by atoms with Crippen LogP contribution in [0.3, 0.4) is 0 Å². The summed E-state index contributed by atoms with van der Waals surface area (Å²) in [5, 5.41) is 8.33. The Bertz CT molecular complexity index is 1060. The predicted molar refractivity (Wildman–Crippen MR) is 102 cm³/mol. The highest BCUT2D eigenvalue weighted by atomic mass is 16.1. The summed E-state index contributed by atoms with van der Waals surface area (Å²) in [7, 11) is 0. The van der Waals surface area contributed by atoms with Gasteiger partial charge in [0, 0.05) is 17.6 Å². The van der Waals surface area contributed by atoms with Crippen LogP contribution in [0.15, 0.2) is 72.9 Å². The van der Waals surface area contributed by atoms with Crippen LogP contribution in [0.5, 0.6) is 0 Å². The number of anilines is 1. The fourth-order valence-electron chi connectivity index (χ4n) is 3.00. The first-order valence-electron chi connectivity index (χ1n) is 8.44. The number of pyridine rings is 1. The first-order valence-corrected chi connectivity index (χ1v) is 8.44. The topological polar surface area (TPSA) is 59.8 Å². The predicted octanol–water partition coefficient (Wildman–Crippen LogP) is 4.04. The molecule has 2 aromatic carbocycles. The standard InChI is InChI=1S/C21H18N4O/c1-15-13-20(25(24-15)14-16-7-3-2-4-8-16)23-21(26)18-11-12-22-19-10-6-5-9-17(18)19/h2-13H,14H2,1H3,(H,23,26). The van der Waals surface area contributed by atoms with Gasteiger partial charge in [0.05, 0.1) is 23.3 Å². The summed E-state index contributed by atoms with van der Waals surface area (Å²) < 4.78 is 1.81. The number of carbonyl (C=O) groups is 1. The molecule has 2 heterocycles. The monoisotopic (exact) mass is 342 g/mol. The second-order valence-electron chi connectivity index (χ2n) is 6.14. The van der Waals surface area contributed by atoms with Crippen LogP contribution in [-0.4, -0.2) is 20.7 Å². The van der Waals surface area contributed by atoms with Gasteiger partial charge in [-0.3, -0.25) is 9.78 Å². The van der Waals surface area contributed by atoms with Crippen LogP contribution in [0.4, 0.5) is 5.82 Å². The summed E-state index contributed by atoms with van der Waals surface area (Å²) >= 11 is 0. The lowest BCUT2D eigenvalue weighted by Gasteiger charge is -2.10. The van der Waals surface area contributed by atoms with Gasteiger partial charge in [0.2, 0.25) is 0 Å². The number of rotatable bonds is 4. The number of hydrogen-bond donors (Lipinski definition) is 1. The Morgan fingerprint density at radius 3 is 2.65 bits per heavy atom. The molecule has 0 saturated heterocycles. The lowest BCUT2D eigenvalue weighted by atomic mass is 10.1. The van der Waals surface area contributed by atoms with Crippen LogP contribution < -0.4 is 5.32 Å². The molecule has 0 fully saturated rings. The number of amides is 1. The molecule has 0 atom stereocenters. The SMILES string of the molecule is Cc1cc(NC(=O)c2ccnc3ccccc23)n(Cc2ccccc2)n1. The molecule has 26 heavy (non-hydrogen) atoms. The van der Waals surface area contributed by atoms with E-state index < -0.39 is 0 Å². The zero-order chi connectivity index (χ0) is 17.9. The largest absolute Gasteiger partial charge is 0.307 e. The molecule has 0 radical (unpaired) electrons. The van der Waals surface area contributed by atoms with E-state index in [1.165, 1.54) is 0 Å². The molecule has 128 valence electrons. The minimum Gasteiger partial charge on any atom is -0.307 e. The van der Waals surface area contributed by atoms with E-state index in [0.29, 0.717) is 17.9 Å². The molecule has 5 heteroatoms. The average molecular weight is 342 g/mol. The highest BCUT2D eigenvalue weighted by Gasteiger charge is 2.14. The Labute approximate surface area is 151 Å². The molecule has 0 saturated carbocycles. The molecular weight excluding hydrogens is 324 g/mol. The third-order valence-electron chi connectivity index (χ3n) is 4.21. The summed E-state index contributed by atoms with van der Waals surface area (Å²) in [6, 6.07) is 21.3. The number of nitrogens with one attached hydrogen (secondary N) is 1. The zero-order valence-electron chi connectivity index (χ0n) is 14.4. The fourth-order valence-corrected chi connectivity index (χ4v) is 3.00. The maximum atomic E-state index is 12.9. The number of aryl methyl sites for hydroxylation is 1. The second-order valence-corrected chi connectivity index (χ2v) is 6.14. The molecule has 4 aromatic rings. The summed E-state index contributed by atoms with van der Waals surface area (Å²) in [5.41, 5.74) is 3.38. The van der Waals surface area contributed by atoms with Gasteiger partial charge in [-0.15, -0.1) is 0 Å². The maximum absolute atomic E-state index is 12.9. The molecule has 0 aliphatic carbocycles. The van der Waals surface area contributed by atoms with Crippen molar-refractivity contribution in [1.29, 1.82) is 0 Å². The Kier molecular flexibility index (Phi) is 4.19. The summed E-state index contributed by atoms with van der Waals surface area (Å²) in [6.45, 7) is 2.51. The molecule has 5 nitrogen and oxygen atoms in total. The van der Waals surface area contributed by atoms with Crippen molar-refractivity contribution >= 4 is 22.6 Å². The quantitative estimate of drug-likeness (QED) is 0.609. The molecule has 0 spiro atoms. The number of para-hydroxylation sites is 1. The fraction of sp³-hybridized carbons (Fsp3) is 0.0952. The van der Waals surface area contributed by atoms with E-state index in [2.05, 4.69) is 15.4 Å². The molecule has 0 unspecified atom stereocenters. The van der Waals surface area contributed by atoms with Crippen molar-refractivity contribution in [1.82, 2.24) is 14.8 Å². The van der Waals surface area contributed by atoms with E-state index in [1.54, 1.807) is 12.3 Å². The molecule has 0 aliphatic rings. The number of aromatic nitrogens is 3. The van der Waals surface area contributed by atoms with Crippen molar-refractivity contribution < 1.29 is 4.79 Å². The van der Waals surface area contributed by atoms with E-state index >= 15 is 0 Å². The third-order valence-corrected chi connectivity index (χ3v) is 4.21. The van der Waals surface area contributed by atoms with Gasteiger partial charge in [0.1, 0.15) is 5.82 Å². The first kappa shape index (κ1) is 16.0. The van der Waals surface area contributed by atoms with Gasteiger partial charge < -0.3 is 5.32 Å². The van der Waals surface area contributed by atoms with Gasteiger partial charge in [-0.1, -0.05) is 48.5 Å². The summed E-state index contributed by atoms with van der Waals surface area (Å²) in [6.07, 6.45) is 1.66. The van der Waals surface area contributed by atoms with E-state index in [4.69, 9.17) is 0 Å². The van der Waals surface area contributed by atoms with Crippen LogP contribution in [-0.2, 0) is 6.54 Å². The third kappa shape index (κ3) is 3.19. The molecule has 0 aliphatic heterocycles. The Balaban J connectivity index is 1.64. The van der Waals surface area contributed by atoms with Gasteiger partial charge in [0.15, 0.2) is 0 Å². The molecule has 2 aromatic heterocycles. The van der Waals surface area contributed by atoms with Crippen molar-refractivity contribution in [3.05, 3.63) is 89.7 Å². The summed E-state index contributed by atoms with van der Waals surface area (Å²) in [4.78, 5) is 17.2. The van der Waals surface area contributed by atoms with Gasteiger partial charge in [-0.05, 0) is 24.6 Å². The Hall–Kier alpha value is -3.47. The normalized spacial score (nSPS) is 10.8. The Morgan fingerprint density at radius 2 is 1.81 bits per heavy atom. The highest BCUT2D eigenvalue weighted by Crippen LogP contribution is 2.19. The van der Waals surface area contributed by atoms with Gasteiger partial charge in [-0.2, -0.15) is 5.10 Å². The van der Waals surface area contributed by atoms with Crippen LogP contribution in [0, 0.1) is 6.92 Å². The number of hydrogen-bond acceptors (Lipinski definition) is 3. The number of carbonyl (C=O) groups excluding carboxylic acids is 1. The maximum Gasteiger partial charge on any atom is 0.257 e. The second kappa shape index (κ2) is 6.80. The van der Waals surface area contributed by atoms with Crippen molar-refractivity contribution in [3.8, 4) is 0 Å². The molecule has 0 bridgehead atoms. The van der Waals surface area contributed by atoms with Crippen LogP contribution >= 0.6 is 0 Å². The highest BCUT2D eigenvalue weighted by molar-refractivity contribution is 6.12. The van der Waals surface area contributed by atoms with Gasteiger partial charge in [0.25, 0.3) is 5.91 Å². The van der Waals surface area contributed by atoms with Crippen LogP contribution in [0.25, 0.3) is 10.9 Å². The van der Waals surface area contributed by atoms with E-state index in [1.807, 2.05) is 72.3 Å². The minimum absolute atomic E-state index is 0.169. The van der Waals surface area contributed by atoms with Gasteiger partial charge >= 0.3 is 0 Å². The smallest absolute Gasteiger partial charge is 0.257 e. The van der Waals surface area contributed by atoms with Crippen molar-refractivity contribution in [2.75, 3.05) is 5.32 Å². The van der Waals surface area contributed by atoms with Crippen molar-refractivity contribution in [3.63, 3.8) is 0 Å². The lowest BCUT2D eigenvalue weighted by Crippen LogP contribution is -2.16. The first-order chi connectivity index (χ1) is 12.7. The summed E-state index contributed by atoms with van der Waals surface area (Å²) in [5.74, 6) is 0.509. The molecular formula is C21H18N4O. The molecule has 1 N–H and O–H groups in total. The van der Waals surface area contributed by atoms with E-state index in [9.17, 15) is 4.79 Å². The number of fused-ring (bicyclic) bond motifs is 1. The molecule has 1 amide bonds. The average Bonchev–Trinajstić information content (AvgIpc) is 3.00.